The molecule has 0 aliphatic rings. The standard InChI is InChI=1S/C21H32N8O7S/c1-29(11-17(31)27-13(12-30)5-4-10-26-21(24)25)20(34)15(8-9-18(32)33)28-37(35,36)16-7-3-2-6-14(16)19(22)23/h2-3,6-7,12-13,15,28H,4-5,8-11H2,1H3,(H3,22,23)(H,27,31)(H,32,33)(H4,24,25,26). The Labute approximate surface area is 214 Å². The number of aldehydes is 1. The maximum atomic E-state index is 13.0. The van der Waals surface area contributed by atoms with Crippen LogP contribution < -0.4 is 27.2 Å². The van der Waals surface area contributed by atoms with Crippen LogP contribution in [0.3, 0.4) is 0 Å². The zero-order chi connectivity index (χ0) is 28.2. The molecule has 2 unspecified atom stereocenters. The summed E-state index contributed by atoms with van der Waals surface area (Å²) in [6.07, 6.45) is 0.197. The van der Waals surface area contributed by atoms with Gasteiger partial charge in [-0.1, -0.05) is 12.1 Å². The third-order valence-corrected chi connectivity index (χ3v) is 6.47. The number of carboxylic acid groups (broad SMARTS) is 1. The first-order chi connectivity index (χ1) is 17.3. The summed E-state index contributed by atoms with van der Waals surface area (Å²) in [5.74, 6) is -3.47. The Morgan fingerprint density at radius 3 is 2.41 bits per heavy atom. The number of carboxylic acids is 1. The fourth-order valence-electron chi connectivity index (χ4n) is 3.18. The average Bonchev–Trinajstić information content (AvgIpc) is 2.82. The van der Waals surface area contributed by atoms with Crippen LogP contribution >= 0.6 is 0 Å². The van der Waals surface area contributed by atoms with Crippen LogP contribution in [0.4, 0.5) is 0 Å². The van der Waals surface area contributed by atoms with Gasteiger partial charge in [0.25, 0.3) is 0 Å². The lowest BCUT2D eigenvalue weighted by Gasteiger charge is -2.25. The molecule has 0 fully saturated rings. The molecule has 37 heavy (non-hydrogen) atoms. The molecule has 2 atom stereocenters. The first-order valence-corrected chi connectivity index (χ1v) is 12.5. The smallest absolute Gasteiger partial charge is 0.303 e. The lowest BCUT2D eigenvalue weighted by Crippen LogP contribution is -2.50. The van der Waals surface area contributed by atoms with E-state index in [-0.39, 0.29) is 29.4 Å². The Morgan fingerprint density at radius 2 is 1.84 bits per heavy atom. The lowest BCUT2D eigenvalue weighted by molar-refractivity contribution is -0.139. The Hall–Kier alpha value is -4.05. The average molecular weight is 541 g/mol. The number of nitrogens with two attached hydrogens (primary N) is 3. The van der Waals surface area contributed by atoms with Gasteiger partial charge in [-0.25, -0.2) is 8.42 Å². The molecule has 0 saturated carbocycles. The van der Waals surface area contributed by atoms with Gasteiger partial charge in [0.05, 0.1) is 17.5 Å². The van der Waals surface area contributed by atoms with Crippen LogP contribution in [0.5, 0.6) is 0 Å². The summed E-state index contributed by atoms with van der Waals surface area (Å²) in [5, 5.41) is 19.1. The maximum Gasteiger partial charge on any atom is 0.303 e. The first-order valence-electron chi connectivity index (χ1n) is 11.0. The third kappa shape index (κ3) is 10.6. The van der Waals surface area contributed by atoms with Crippen LogP contribution in [0.1, 0.15) is 31.2 Å². The van der Waals surface area contributed by atoms with E-state index in [0.717, 1.165) is 4.90 Å². The van der Waals surface area contributed by atoms with Gasteiger partial charge in [0, 0.05) is 25.6 Å². The Balaban J connectivity index is 2.96. The summed E-state index contributed by atoms with van der Waals surface area (Å²) in [6, 6.07) is 2.95. The van der Waals surface area contributed by atoms with E-state index in [1.165, 1.54) is 31.3 Å². The van der Waals surface area contributed by atoms with Gasteiger partial charge in [-0.05, 0) is 31.4 Å². The Morgan fingerprint density at radius 1 is 1.19 bits per heavy atom. The van der Waals surface area contributed by atoms with E-state index < -0.39 is 65.1 Å². The largest absolute Gasteiger partial charge is 0.481 e. The Bertz CT molecular complexity index is 1140. The molecular formula is C21H32N8O7S. The number of sulfonamides is 1. The number of hydrogen-bond acceptors (Lipinski definition) is 8. The first kappa shape index (κ1) is 31.0. The minimum absolute atomic E-state index is 0.105. The molecule has 0 aliphatic heterocycles. The van der Waals surface area contributed by atoms with Crippen LogP contribution in [-0.2, 0) is 29.2 Å². The highest BCUT2D eigenvalue weighted by Crippen LogP contribution is 2.16. The number of amides is 2. The number of carbonyl (C=O) groups excluding carboxylic acids is 3. The summed E-state index contributed by atoms with van der Waals surface area (Å²) in [5.41, 5.74) is 15.8. The summed E-state index contributed by atoms with van der Waals surface area (Å²) >= 11 is 0. The minimum Gasteiger partial charge on any atom is -0.481 e. The number of nitrogens with zero attached hydrogens (tertiary/aromatic N) is 2. The number of likely N-dealkylation sites (N-methyl/N-ethyl adjacent to an activating group) is 1. The highest BCUT2D eigenvalue weighted by molar-refractivity contribution is 7.89. The maximum absolute atomic E-state index is 13.0. The molecular weight excluding hydrogens is 508 g/mol. The van der Waals surface area contributed by atoms with Gasteiger partial charge in [0.1, 0.15) is 18.2 Å². The van der Waals surface area contributed by atoms with Gasteiger partial charge in [0.15, 0.2) is 5.96 Å². The topological polar surface area (TPSA) is 264 Å². The second-order valence-corrected chi connectivity index (χ2v) is 9.65. The quantitative estimate of drug-likeness (QED) is 0.0509. The summed E-state index contributed by atoms with van der Waals surface area (Å²) < 4.78 is 28.1. The number of nitrogen functional groups attached to an aromatic ring is 1. The van der Waals surface area contributed by atoms with Crippen molar-refractivity contribution < 1.29 is 32.7 Å². The molecule has 1 aromatic carbocycles. The molecule has 10 N–H and O–H groups in total. The van der Waals surface area contributed by atoms with E-state index in [4.69, 9.17) is 27.7 Å². The third-order valence-electron chi connectivity index (χ3n) is 4.94. The van der Waals surface area contributed by atoms with Crippen molar-refractivity contribution in [1.82, 2.24) is 14.9 Å². The number of aliphatic imine (C=N–C) groups is 1. The van der Waals surface area contributed by atoms with Gasteiger partial charge >= 0.3 is 5.97 Å². The molecule has 0 radical (unpaired) electrons. The number of benzene rings is 1. The SMILES string of the molecule is CN(CC(=O)NC(C=O)CCCN=C(N)N)C(=O)C(CCC(=O)O)NS(=O)(=O)c1ccccc1C(=N)N. The molecule has 0 spiro atoms. The van der Waals surface area contributed by atoms with E-state index in [1.807, 2.05) is 0 Å². The second-order valence-electron chi connectivity index (χ2n) is 7.97. The monoisotopic (exact) mass is 540 g/mol. The van der Waals surface area contributed by atoms with Gasteiger partial charge in [-0.3, -0.25) is 24.8 Å². The van der Waals surface area contributed by atoms with E-state index in [9.17, 15) is 27.6 Å². The number of carbonyl (C=O) groups is 4. The van der Waals surface area contributed by atoms with Crippen molar-refractivity contribution in [2.75, 3.05) is 20.1 Å². The molecule has 15 nitrogen and oxygen atoms in total. The van der Waals surface area contributed by atoms with Crippen LogP contribution in [-0.4, -0.2) is 86.5 Å². The number of aliphatic carboxylic acids is 1. The van der Waals surface area contributed by atoms with Crippen LogP contribution in [0.25, 0.3) is 0 Å². The molecule has 0 heterocycles. The van der Waals surface area contributed by atoms with Crippen molar-refractivity contribution in [2.45, 2.75) is 42.7 Å². The van der Waals surface area contributed by atoms with Crippen LogP contribution in [0.15, 0.2) is 34.2 Å². The van der Waals surface area contributed by atoms with E-state index in [0.29, 0.717) is 12.7 Å². The molecule has 2 amide bonds. The normalized spacial score (nSPS) is 12.6. The number of amidine groups is 1. The summed E-state index contributed by atoms with van der Waals surface area (Å²) in [7, 11) is -3.19. The van der Waals surface area contributed by atoms with Crippen molar-refractivity contribution in [3.8, 4) is 0 Å². The van der Waals surface area contributed by atoms with Crippen molar-refractivity contribution in [3.05, 3.63) is 29.8 Å². The zero-order valence-electron chi connectivity index (χ0n) is 20.2. The summed E-state index contributed by atoms with van der Waals surface area (Å²) in [6.45, 7) is -0.286. The van der Waals surface area contributed by atoms with Gasteiger partial charge < -0.3 is 37.3 Å². The van der Waals surface area contributed by atoms with E-state index in [2.05, 4.69) is 15.0 Å². The molecule has 0 bridgehead atoms. The number of hydrogen-bond donors (Lipinski definition) is 7. The van der Waals surface area contributed by atoms with E-state index >= 15 is 0 Å². The van der Waals surface area contributed by atoms with Gasteiger partial charge in [-0.2, -0.15) is 4.72 Å². The van der Waals surface area contributed by atoms with Gasteiger partial charge in [0.2, 0.25) is 21.8 Å². The molecule has 0 aromatic heterocycles. The molecule has 1 rings (SSSR count). The highest BCUT2D eigenvalue weighted by Gasteiger charge is 2.31. The lowest BCUT2D eigenvalue weighted by atomic mass is 10.1. The molecule has 1 aromatic rings. The van der Waals surface area contributed by atoms with Crippen molar-refractivity contribution >= 4 is 45.9 Å². The fraction of sp³-hybridized carbons (Fsp3) is 0.429. The Kier molecular flexibility index (Phi) is 12.1. The predicted octanol–water partition coefficient (Wildman–Crippen LogP) is -2.32. The van der Waals surface area contributed by atoms with Crippen LogP contribution in [0.2, 0.25) is 0 Å². The van der Waals surface area contributed by atoms with Crippen molar-refractivity contribution in [1.29, 1.82) is 5.41 Å². The summed E-state index contributed by atoms with van der Waals surface area (Å²) in [4.78, 5) is 52.1. The second kappa shape index (κ2) is 14.5. The molecule has 0 aliphatic carbocycles. The fourth-order valence-corrected chi connectivity index (χ4v) is 4.63. The molecule has 0 saturated heterocycles. The number of rotatable bonds is 16. The number of nitrogens with one attached hydrogen (secondary N) is 3. The minimum atomic E-state index is -4.42. The number of guanidine groups is 1. The van der Waals surface area contributed by atoms with Crippen LogP contribution in [0, 0.1) is 5.41 Å². The molecule has 16 heteroatoms. The highest BCUT2D eigenvalue weighted by atomic mass is 32.2. The van der Waals surface area contributed by atoms with Crippen molar-refractivity contribution in [3.63, 3.8) is 0 Å². The molecule has 204 valence electrons. The van der Waals surface area contributed by atoms with Crippen molar-refractivity contribution in [2.24, 2.45) is 22.2 Å². The van der Waals surface area contributed by atoms with E-state index in [1.54, 1.807) is 0 Å². The predicted molar refractivity (Wildman–Crippen MR) is 134 cm³/mol. The zero-order valence-corrected chi connectivity index (χ0v) is 21.0. The van der Waals surface area contributed by atoms with Gasteiger partial charge in [-0.15, -0.1) is 0 Å².